The summed E-state index contributed by atoms with van der Waals surface area (Å²) in [5.41, 5.74) is -0.274. The average Bonchev–Trinajstić information content (AvgIpc) is 2.97. The van der Waals surface area contributed by atoms with E-state index in [9.17, 15) is 13.2 Å². The minimum Gasteiger partial charge on any atom is -0.454 e. The van der Waals surface area contributed by atoms with E-state index in [2.05, 4.69) is 4.99 Å². The van der Waals surface area contributed by atoms with Crippen molar-refractivity contribution in [3.05, 3.63) is 17.7 Å². The molecule has 1 aliphatic carbocycles. The molecule has 0 aromatic heterocycles. The van der Waals surface area contributed by atoms with Gasteiger partial charge in [0.15, 0.2) is 21.3 Å². The topological polar surface area (TPSA) is 82.0 Å². The fraction of sp³-hybridized carbons (Fsp3) is 0.417. The Morgan fingerprint density at radius 1 is 1.26 bits per heavy atom. The van der Waals surface area contributed by atoms with Gasteiger partial charge in [-0.2, -0.15) is 4.99 Å². The van der Waals surface area contributed by atoms with Crippen molar-refractivity contribution in [1.82, 2.24) is 0 Å². The first kappa shape index (κ1) is 12.2. The Morgan fingerprint density at radius 3 is 2.42 bits per heavy atom. The van der Waals surface area contributed by atoms with Crippen LogP contribution in [0.3, 0.4) is 0 Å². The quantitative estimate of drug-likeness (QED) is 0.613. The number of hydrogen-bond donors (Lipinski definition) is 0. The van der Waals surface area contributed by atoms with E-state index in [1.807, 2.05) is 0 Å². The van der Waals surface area contributed by atoms with Gasteiger partial charge < -0.3 is 9.47 Å². The molecule has 0 N–H and O–H groups in total. The number of isocyanates is 1. The molecule has 1 heterocycles. The number of rotatable bonds is 3. The number of sulfone groups is 1. The van der Waals surface area contributed by atoms with E-state index >= 15 is 0 Å². The fourth-order valence-corrected chi connectivity index (χ4v) is 3.21. The third kappa shape index (κ3) is 1.91. The molecule has 0 unspecified atom stereocenters. The van der Waals surface area contributed by atoms with Crippen LogP contribution in [0, 0.1) is 0 Å². The summed E-state index contributed by atoms with van der Waals surface area (Å²) in [4.78, 5) is 14.4. The van der Waals surface area contributed by atoms with Crippen molar-refractivity contribution in [2.45, 2.75) is 23.3 Å². The van der Waals surface area contributed by atoms with Crippen LogP contribution in [0.4, 0.5) is 0 Å². The monoisotopic (exact) mass is 281 g/mol. The Hall–Kier alpha value is -1.85. The van der Waals surface area contributed by atoms with Crippen LogP contribution < -0.4 is 9.47 Å². The molecular formula is C12H11NO5S. The maximum atomic E-state index is 11.9. The number of hydrogen-bond acceptors (Lipinski definition) is 6. The maximum Gasteiger partial charge on any atom is 0.235 e. The first-order chi connectivity index (χ1) is 8.96. The van der Waals surface area contributed by atoms with Gasteiger partial charge in [-0.25, -0.2) is 13.2 Å². The summed E-state index contributed by atoms with van der Waals surface area (Å²) in [6.45, 7) is 0.0614. The lowest BCUT2D eigenvalue weighted by molar-refractivity contribution is 0.174. The molecule has 1 aliphatic heterocycles. The van der Waals surface area contributed by atoms with Gasteiger partial charge in [0.05, 0.1) is 10.4 Å². The molecule has 0 saturated heterocycles. The van der Waals surface area contributed by atoms with Gasteiger partial charge in [0.2, 0.25) is 12.9 Å². The van der Waals surface area contributed by atoms with Crippen molar-refractivity contribution in [1.29, 1.82) is 0 Å². The van der Waals surface area contributed by atoms with Gasteiger partial charge in [-0.15, -0.1) is 0 Å². The van der Waals surface area contributed by atoms with Gasteiger partial charge in [-0.05, 0) is 18.9 Å². The van der Waals surface area contributed by atoms with Crippen LogP contribution in [0.5, 0.6) is 11.5 Å². The number of nitrogens with zero attached hydrogens (tertiary/aromatic N) is 1. The minimum atomic E-state index is -3.44. The molecule has 1 aromatic carbocycles. The smallest absolute Gasteiger partial charge is 0.235 e. The SMILES string of the molecule is CS(=O)(=O)c1cc2c(cc1C1(N=C=O)CC1)OCO2. The first-order valence-electron chi connectivity index (χ1n) is 5.69. The Balaban J connectivity index is 2.26. The zero-order valence-corrected chi connectivity index (χ0v) is 11.0. The van der Waals surface area contributed by atoms with Crippen molar-refractivity contribution in [3.8, 4) is 11.5 Å². The highest BCUT2D eigenvalue weighted by Gasteiger charge is 2.48. The van der Waals surface area contributed by atoms with Crippen LogP contribution in [0.15, 0.2) is 22.0 Å². The van der Waals surface area contributed by atoms with Crippen LogP contribution in [-0.4, -0.2) is 27.5 Å². The zero-order valence-electron chi connectivity index (χ0n) is 10.2. The number of aliphatic imine (C=N–C) groups is 1. The predicted octanol–water partition coefficient (Wildman–Crippen LogP) is 1.14. The molecule has 100 valence electrons. The van der Waals surface area contributed by atoms with Crippen molar-refractivity contribution < 1.29 is 22.7 Å². The molecule has 0 radical (unpaired) electrons. The Kier molecular flexibility index (Phi) is 2.45. The van der Waals surface area contributed by atoms with E-state index in [0.29, 0.717) is 29.9 Å². The molecule has 1 saturated carbocycles. The third-order valence-corrected chi connectivity index (χ3v) is 4.50. The number of carbonyl (C=O) groups excluding carboxylic acids is 1. The highest BCUT2D eigenvalue weighted by atomic mass is 32.2. The van der Waals surface area contributed by atoms with Gasteiger partial charge in [-0.3, -0.25) is 0 Å². The van der Waals surface area contributed by atoms with Gasteiger partial charge in [-0.1, -0.05) is 0 Å². The molecule has 6 nitrogen and oxygen atoms in total. The molecule has 0 spiro atoms. The predicted molar refractivity (Wildman–Crippen MR) is 64.7 cm³/mol. The molecule has 0 amide bonds. The van der Waals surface area contributed by atoms with Gasteiger partial charge in [0.1, 0.15) is 0 Å². The van der Waals surface area contributed by atoms with Gasteiger partial charge in [0, 0.05) is 17.9 Å². The summed E-state index contributed by atoms with van der Waals surface area (Å²) in [5, 5.41) is 0. The van der Waals surface area contributed by atoms with Crippen molar-refractivity contribution in [3.63, 3.8) is 0 Å². The summed E-state index contributed by atoms with van der Waals surface area (Å²) in [6, 6.07) is 3.04. The Morgan fingerprint density at radius 2 is 1.89 bits per heavy atom. The summed E-state index contributed by atoms with van der Waals surface area (Å²) in [5.74, 6) is 0.879. The van der Waals surface area contributed by atoms with Crippen molar-refractivity contribution >= 4 is 15.9 Å². The molecule has 7 heteroatoms. The van der Waals surface area contributed by atoms with Gasteiger partial charge >= 0.3 is 0 Å². The molecule has 0 bridgehead atoms. The van der Waals surface area contributed by atoms with Crippen molar-refractivity contribution in [2.24, 2.45) is 4.99 Å². The minimum absolute atomic E-state index is 0.0614. The van der Waals surface area contributed by atoms with E-state index in [4.69, 9.17) is 9.47 Å². The highest BCUT2D eigenvalue weighted by molar-refractivity contribution is 7.90. The summed E-state index contributed by atoms with van der Waals surface area (Å²) < 4.78 is 34.2. The summed E-state index contributed by atoms with van der Waals surface area (Å²) in [6.07, 6.45) is 3.90. The van der Waals surface area contributed by atoms with E-state index < -0.39 is 15.4 Å². The second kappa shape index (κ2) is 3.82. The van der Waals surface area contributed by atoms with Gasteiger partial charge in [0.25, 0.3) is 0 Å². The lowest BCUT2D eigenvalue weighted by Gasteiger charge is -2.14. The molecule has 2 aliphatic rings. The standard InChI is InChI=1S/C12H11NO5S/c1-19(15,16)11-5-10-9(17-7-18-10)4-8(11)12(2-3-12)13-6-14/h4-5H,2-3,7H2,1H3. The van der Waals surface area contributed by atoms with Crippen LogP contribution in [0.25, 0.3) is 0 Å². The molecule has 1 fully saturated rings. The summed E-state index contributed by atoms with van der Waals surface area (Å²) >= 11 is 0. The Labute approximate surface area is 110 Å². The highest BCUT2D eigenvalue weighted by Crippen LogP contribution is 2.53. The largest absolute Gasteiger partial charge is 0.454 e. The molecular weight excluding hydrogens is 270 g/mol. The van der Waals surface area contributed by atoms with E-state index in [-0.39, 0.29) is 11.7 Å². The third-order valence-electron chi connectivity index (χ3n) is 3.36. The van der Waals surface area contributed by atoms with Crippen molar-refractivity contribution in [2.75, 3.05) is 13.0 Å². The lowest BCUT2D eigenvalue weighted by Crippen LogP contribution is -2.10. The van der Waals surface area contributed by atoms with Crippen LogP contribution in [-0.2, 0) is 20.2 Å². The molecule has 19 heavy (non-hydrogen) atoms. The van der Waals surface area contributed by atoms with E-state index in [0.717, 1.165) is 6.26 Å². The average molecular weight is 281 g/mol. The van der Waals surface area contributed by atoms with Crippen LogP contribution in [0.1, 0.15) is 18.4 Å². The molecule has 1 aromatic rings. The maximum absolute atomic E-state index is 11.9. The Bertz CT molecular complexity index is 699. The van der Waals surface area contributed by atoms with Crippen LogP contribution in [0.2, 0.25) is 0 Å². The second-order valence-corrected chi connectivity index (χ2v) is 6.69. The zero-order chi connectivity index (χ0) is 13.7. The van der Waals surface area contributed by atoms with E-state index in [1.165, 1.54) is 12.1 Å². The number of fused-ring (bicyclic) bond motifs is 1. The van der Waals surface area contributed by atoms with Crippen LogP contribution >= 0.6 is 0 Å². The molecule has 0 atom stereocenters. The fourth-order valence-electron chi connectivity index (χ4n) is 2.24. The summed E-state index contributed by atoms with van der Waals surface area (Å²) in [7, 11) is -3.44. The number of ether oxygens (including phenoxy) is 2. The normalized spacial score (nSPS) is 18.8. The molecule has 3 rings (SSSR count). The first-order valence-corrected chi connectivity index (χ1v) is 7.59. The lowest BCUT2D eigenvalue weighted by atomic mass is 10.0. The second-order valence-electron chi connectivity index (χ2n) is 4.71. The van der Waals surface area contributed by atoms with E-state index in [1.54, 1.807) is 6.07 Å². The number of benzene rings is 1.